The minimum atomic E-state index is 0.452. The Bertz CT molecular complexity index is 737. The van der Waals surface area contributed by atoms with Crippen LogP contribution in [0.1, 0.15) is 16.1 Å². The van der Waals surface area contributed by atoms with E-state index in [4.69, 9.17) is 4.74 Å². The normalized spacial score (nSPS) is 10.3. The molecule has 0 radical (unpaired) electrons. The number of hydrogen-bond acceptors (Lipinski definition) is 4. The molecule has 104 valence electrons. The molecule has 0 fully saturated rings. The van der Waals surface area contributed by atoms with Gasteiger partial charge in [-0.25, -0.2) is 4.98 Å². The van der Waals surface area contributed by atoms with Crippen molar-refractivity contribution in [1.82, 2.24) is 4.98 Å². The van der Waals surface area contributed by atoms with Gasteiger partial charge in [-0.1, -0.05) is 42.5 Å². The molecule has 3 aromatic rings. The third kappa shape index (κ3) is 3.17. The minimum absolute atomic E-state index is 0.452. The van der Waals surface area contributed by atoms with E-state index in [0.29, 0.717) is 12.3 Å². The third-order valence-corrected chi connectivity index (χ3v) is 3.89. The molecule has 3 rings (SSSR count). The molecular weight excluding hydrogens is 282 g/mol. The molecule has 0 N–H and O–H groups in total. The lowest BCUT2D eigenvalue weighted by Crippen LogP contribution is -1.96. The molecule has 3 nitrogen and oxygen atoms in total. The predicted octanol–water partition coefficient (Wildman–Crippen LogP) is 4.20. The molecule has 0 aliphatic rings. The maximum atomic E-state index is 10.8. The lowest BCUT2D eigenvalue weighted by molar-refractivity contribution is 0.111. The molecule has 21 heavy (non-hydrogen) atoms. The van der Waals surface area contributed by atoms with E-state index in [1.165, 1.54) is 11.3 Å². The van der Waals surface area contributed by atoms with Gasteiger partial charge in [-0.3, -0.25) is 4.79 Å². The Hall–Kier alpha value is -2.46. The van der Waals surface area contributed by atoms with E-state index in [1.54, 1.807) is 5.38 Å². The van der Waals surface area contributed by atoms with Gasteiger partial charge >= 0.3 is 0 Å². The van der Waals surface area contributed by atoms with Gasteiger partial charge in [-0.05, 0) is 17.7 Å². The first-order valence-corrected chi connectivity index (χ1v) is 7.41. The van der Waals surface area contributed by atoms with E-state index in [1.807, 2.05) is 54.6 Å². The summed E-state index contributed by atoms with van der Waals surface area (Å²) in [5, 5.41) is 2.54. The van der Waals surface area contributed by atoms with E-state index in [0.717, 1.165) is 28.2 Å². The topological polar surface area (TPSA) is 39.2 Å². The molecule has 0 aliphatic heterocycles. The first-order chi connectivity index (χ1) is 10.4. The molecule has 0 saturated carbocycles. The first kappa shape index (κ1) is 13.5. The summed E-state index contributed by atoms with van der Waals surface area (Å²) in [6.07, 6.45) is 0.757. The lowest BCUT2D eigenvalue weighted by Gasteiger charge is -2.09. The van der Waals surface area contributed by atoms with Crippen molar-refractivity contribution in [3.05, 3.63) is 71.2 Å². The lowest BCUT2D eigenvalue weighted by atomic mass is 10.2. The number of thiazole rings is 1. The smallest absolute Gasteiger partial charge is 0.169 e. The molecule has 0 amide bonds. The molecule has 0 aliphatic carbocycles. The summed E-state index contributed by atoms with van der Waals surface area (Å²) in [7, 11) is 0. The minimum Gasteiger partial charge on any atom is -0.488 e. The van der Waals surface area contributed by atoms with Crippen molar-refractivity contribution < 1.29 is 9.53 Å². The van der Waals surface area contributed by atoms with E-state index in [9.17, 15) is 4.79 Å². The zero-order chi connectivity index (χ0) is 14.5. The van der Waals surface area contributed by atoms with Gasteiger partial charge in [0.1, 0.15) is 23.1 Å². The van der Waals surface area contributed by atoms with Crippen LogP contribution in [0, 0.1) is 0 Å². The fourth-order valence-corrected chi connectivity index (χ4v) is 2.76. The molecule has 0 bridgehead atoms. The quantitative estimate of drug-likeness (QED) is 0.662. The van der Waals surface area contributed by atoms with Crippen molar-refractivity contribution in [3.63, 3.8) is 0 Å². The number of nitrogens with zero attached hydrogens (tertiary/aromatic N) is 1. The number of carbonyl (C=O) groups excluding carboxylic acids is 1. The van der Waals surface area contributed by atoms with Gasteiger partial charge in [-0.15, -0.1) is 11.3 Å². The van der Waals surface area contributed by atoms with Crippen LogP contribution in [0.5, 0.6) is 5.75 Å². The van der Waals surface area contributed by atoms with Gasteiger partial charge in [0.25, 0.3) is 0 Å². The van der Waals surface area contributed by atoms with E-state index >= 15 is 0 Å². The Balaban J connectivity index is 1.84. The highest BCUT2D eigenvalue weighted by Gasteiger charge is 2.10. The molecular formula is C17H13NO2S. The van der Waals surface area contributed by atoms with Gasteiger partial charge in [0.15, 0.2) is 6.29 Å². The number of para-hydroxylation sites is 1. The van der Waals surface area contributed by atoms with Crippen LogP contribution < -0.4 is 4.74 Å². The summed E-state index contributed by atoms with van der Waals surface area (Å²) in [6, 6.07) is 17.7. The molecule has 2 aromatic carbocycles. The van der Waals surface area contributed by atoms with Crippen LogP contribution in [0.3, 0.4) is 0 Å². The monoisotopic (exact) mass is 295 g/mol. The van der Waals surface area contributed by atoms with E-state index in [-0.39, 0.29) is 0 Å². The van der Waals surface area contributed by atoms with E-state index in [2.05, 4.69) is 4.98 Å². The highest BCUT2D eigenvalue weighted by atomic mass is 32.1. The second-order valence-electron chi connectivity index (χ2n) is 4.47. The number of aromatic nitrogens is 1. The Morgan fingerprint density at radius 1 is 1.05 bits per heavy atom. The van der Waals surface area contributed by atoms with Crippen molar-refractivity contribution in [3.8, 4) is 16.3 Å². The fourth-order valence-electron chi connectivity index (χ4n) is 1.97. The highest BCUT2D eigenvalue weighted by Crippen LogP contribution is 2.32. The van der Waals surface area contributed by atoms with Crippen molar-refractivity contribution in [2.45, 2.75) is 6.61 Å². The second kappa shape index (κ2) is 6.33. The summed E-state index contributed by atoms with van der Waals surface area (Å²) >= 11 is 1.44. The largest absolute Gasteiger partial charge is 0.488 e. The van der Waals surface area contributed by atoms with Gasteiger partial charge in [0.2, 0.25) is 0 Å². The molecule has 0 saturated heterocycles. The fraction of sp³-hybridized carbons (Fsp3) is 0.0588. The summed E-state index contributed by atoms with van der Waals surface area (Å²) in [5.74, 6) is 0.771. The Labute approximate surface area is 126 Å². The maximum Gasteiger partial charge on any atom is 0.169 e. The zero-order valence-corrected chi connectivity index (χ0v) is 12.0. The van der Waals surface area contributed by atoms with Crippen LogP contribution in [0.4, 0.5) is 0 Å². The standard InChI is InChI=1S/C17H13NO2S/c19-10-14-12-21-17(18-14)15-8-4-5-9-16(15)20-11-13-6-2-1-3-7-13/h1-10,12H,11H2. The molecule has 1 heterocycles. The Kier molecular flexibility index (Phi) is 4.07. The van der Waals surface area contributed by atoms with Gasteiger partial charge in [0, 0.05) is 5.38 Å². The first-order valence-electron chi connectivity index (χ1n) is 6.53. The van der Waals surface area contributed by atoms with Crippen LogP contribution in [0.2, 0.25) is 0 Å². The number of benzene rings is 2. The molecule has 0 unspecified atom stereocenters. The van der Waals surface area contributed by atoms with Gasteiger partial charge in [-0.2, -0.15) is 0 Å². The average Bonchev–Trinajstić information content (AvgIpc) is 3.03. The third-order valence-electron chi connectivity index (χ3n) is 3.00. The van der Waals surface area contributed by atoms with Crippen molar-refractivity contribution in [2.75, 3.05) is 0 Å². The average molecular weight is 295 g/mol. The van der Waals surface area contributed by atoms with Crippen molar-refractivity contribution >= 4 is 17.6 Å². The highest BCUT2D eigenvalue weighted by molar-refractivity contribution is 7.13. The maximum absolute atomic E-state index is 10.8. The van der Waals surface area contributed by atoms with Gasteiger partial charge < -0.3 is 4.74 Å². The van der Waals surface area contributed by atoms with Crippen LogP contribution in [0.15, 0.2) is 60.0 Å². The molecule has 0 atom stereocenters. The van der Waals surface area contributed by atoms with Crippen LogP contribution in [-0.4, -0.2) is 11.3 Å². The summed E-state index contributed by atoms with van der Waals surface area (Å²) in [4.78, 5) is 15.0. The summed E-state index contributed by atoms with van der Waals surface area (Å²) in [6.45, 7) is 0.504. The number of rotatable bonds is 5. The number of aldehydes is 1. The van der Waals surface area contributed by atoms with Gasteiger partial charge in [0.05, 0.1) is 5.56 Å². The van der Waals surface area contributed by atoms with Crippen LogP contribution in [0.25, 0.3) is 10.6 Å². The summed E-state index contributed by atoms with van der Waals surface area (Å²) in [5.41, 5.74) is 2.47. The van der Waals surface area contributed by atoms with E-state index < -0.39 is 0 Å². The SMILES string of the molecule is O=Cc1csc(-c2ccccc2OCc2ccccc2)n1. The molecule has 0 spiro atoms. The number of hydrogen-bond donors (Lipinski definition) is 0. The second-order valence-corrected chi connectivity index (χ2v) is 5.32. The zero-order valence-electron chi connectivity index (χ0n) is 11.2. The Morgan fingerprint density at radius 2 is 1.81 bits per heavy atom. The molecule has 4 heteroatoms. The number of ether oxygens (including phenoxy) is 1. The summed E-state index contributed by atoms with van der Waals surface area (Å²) < 4.78 is 5.90. The molecule has 1 aromatic heterocycles. The Morgan fingerprint density at radius 3 is 2.57 bits per heavy atom. The predicted molar refractivity (Wildman–Crippen MR) is 83.7 cm³/mol. The number of carbonyl (C=O) groups is 1. The van der Waals surface area contributed by atoms with Crippen molar-refractivity contribution in [1.29, 1.82) is 0 Å². The van der Waals surface area contributed by atoms with Crippen LogP contribution in [-0.2, 0) is 6.61 Å². The van der Waals surface area contributed by atoms with Crippen molar-refractivity contribution in [2.24, 2.45) is 0 Å². The van der Waals surface area contributed by atoms with Crippen LogP contribution >= 0.6 is 11.3 Å².